The Morgan fingerprint density at radius 3 is 2.71 bits per heavy atom. The zero-order chi connectivity index (χ0) is 12.4. The third-order valence-corrected chi connectivity index (χ3v) is 3.36. The molecular weight excluding hydrogens is 236 g/mol. The Morgan fingerprint density at radius 1 is 1.35 bits per heavy atom. The molecule has 17 heavy (non-hydrogen) atoms. The maximum absolute atomic E-state index is 10.2. The molecule has 1 heterocycles. The molecule has 0 aliphatic carbocycles. The second-order valence-corrected chi connectivity index (χ2v) is 4.42. The number of hydrogen-bond acceptors (Lipinski definition) is 5. The van der Waals surface area contributed by atoms with Gasteiger partial charge in [0.25, 0.3) is 0 Å². The molecule has 2 aromatic rings. The van der Waals surface area contributed by atoms with Gasteiger partial charge in [-0.2, -0.15) is 8.75 Å². The van der Waals surface area contributed by atoms with E-state index in [1.165, 1.54) is 0 Å². The molecule has 1 N–H and O–H groups in total. The first-order valence-corrected chi connectivity index (χ1v) is 5.97. The number of aromatic nitrogens is 2. The van der Waals surface area contributed by atoms with Crippen LogP contribution in [0.5, 0.6) is 5.75 Å². The van der Waals surface area contributed by atoms with E-state index in [1.807, 2.05) is 26.0 Å². The fourth-order valence-corrected chi connectivity index (χ4v) is 2.19. The van der Waals surface area contributed by atoms with Crippen molar-refractivity contribution < 1.29 is 9.84 Å². The highest BCUT2D eigenvalue weighted by Gasteiger charge is 2.19. The second-order valence-electron chi connectivity index (χ2n) is 3.86. The first kappa shape index (κ1) is 12.0. The monoisotopic (exact) mass is 250 g/mol. The number of nitrogens with zero attached hydrogens (tertiary/aromatic N) is 2. The third kappa shape index (κ3) is 2.16. The topological polar surface area (TPSA) is 55.2 Å². The van der Waals surface area contributed by atoms with Gasteiger partial charge in [-0.25, -0.2) is 0 Å². The normalized spacial score (nSPS) is 12.5. The van der Waals surface area contributed by atoms with Crippen LogP contribution in [0.1, 0.15) is 28.5 Å². The van der Waals surface area contributed by atoms with Gasteiger partial charge in [-0.15, -0.1) is 0 Å². The van der Waals surface area contributed by atoms with Crippen molar-refractivity contribution in [1.29, 1.82) is 0 Å². The summed E-state index contributed by atoms with van der Waals surface area (Å²) in [4.78, 5) is 0. The molecule has 0 fully saturated rings. The molecule has 0 bridgehead atoms. The summed E-state index contributed by atoms with van der Waals surface area (Å²) < 4.78 is 13.3. The van der Waals surface area contributed by atoms with E-state index in [9.17, 15) is 5.11 Å². The van der Waals surface area contributed by atoms with E-state index in [0.29, 0.717) is 11.4 Å². The Balaban J connectivity index is 2.49. The summed E-state index contributed by atoms with van der Waals surface area (Å²) >= 11 is 1.08. The zero-order valence-corrected chi connectivity index (χ0v) is 10.8. The minimum atomic E-state index is -0.789. The Kier molecular flexibility index (Phi) is 3.40. The molecule has 1 unspecified atom stereocenters. The van der Waals surface area contributed by atoms with Crippen LogP contribution in [0.4, 0.5) is 0 Å². The van der Waals surface area contributed by atoms with Crippen molar-refractivity contribution in [2.75, 3.05) is 7.11 Å². The van der Waals surface area contributed by atoms with Crippen molar-refractivity contribution in [3.05, 3.63) is 40.7 Å². The number of benzene rings is 1. The van der Waals surface area contributed by atoms with Crippen LogP contribution in [0.15, 0.2) is 18.3 Å². The molecule has 1 aromatic heterocycles. The van der Waals surface area contributed by atoms with Crippen molar-refractivity contribution in [1.82, 2.24) is 8.75 Å². The van der Waals surface area contributed by atoms with Crippen molar-refractivity contribution in [2.45, 2.75) is 20.0 Å². The van der Waals surface area contributed by atoms with Gasteiger partial charge in [0.1, 0.15) is 17.5 Å². The SMILES string of the molecule is COc1c(C(O)c2cnsn2)ccc(C)c1C. The first-order valence-electron chi connectivity index (χ1n) is 5.24. The van der Waals surface area contributed by atoms with Crippen LogP contribution < -0.4 is 4.74 Å². The van der Waals surface area contributed by atoms with Crippen LogP contribution in [0.25, 0.3) is 0 Å². The number of aryl methyl sites for hydroxylation is 1. The molecule has 1 aromatic carbocycles. The van der Waals surface area contributed by atoms with E-state index in [2.05, 4.69) is 8.75 Å². The maximum Gasteiger partial charge on any atom is 0.128 e. The van der Waals surface area contributed by atoms with Crippen molar-refractivity contribution in [3.8, 4) is 5.75 Å². The van der Waals surface area contributed by atoms with Crippen LogP contribution in [-0.4, -0.2) is 21.0 Å². The van der Waals surface area contributed by atoms with Gasteiger partial charge < -0.3 is 9.84 Å². The number of methoxy groups -OCH3 is 1. The largest absolute Gasteiger partial charge is 0.496 e. The van der Waals surface area contributed by atoms with Crippen LogP contribution in [0, 0.1) is 13.8 Å². The number of rotatable bonds is 3. The van der Waals surface area contributed by atoms with Crippen LogP contribution >= 0.6 is 11.7 Å². The molecule has 0 aliphatic rings. The lowest BCUT2D eigenvalue weighted by molar-refractivity contribution is 0.210. The standard InChI is InChI=1S/C12H14N2O2S/c1-7-4-5-9(12(16-3)8(7)2)11(15)10-6-13-17-14-10/h4-6,11,15H,1-3H3. The van der Waals surface area contributed by atoms with Crippen molar-refractivity contribution >= 4 is 11.7 Å². The van der Waals surface area contributed by atoms with Crippen LogP contribution in [-0.2, 0) is 0 Å². The van der Waals surface area contributed by atoms with Gasteiger partial charge in [0.15, 0.2) is 0 Å². The molecule has 0 saturated heterocycles. The fraction of sp³-hybridized carbons (Fsp3) is 0.333. The first-order chi connectivity index (χ1) is 8.15. The second kappa shape index (κ2) is 4.81. The van der Waals surface area contributed by atoms with Gasteiger partial charge in [-0.1, -0.05) is 12.1 Å². The number of aliphatic hydroxyl groups is 1. The number of aliphatic hydroxyl groups excluding tert-OH is 1. The predicted octanol–water partition coefficient (Wildman–Crippen LogP) is 2.25. The smallest absolute Gasteiger partial charge is 0.128 e. The Labute approximate surface area is 104 Å². The highest BCUT2D eigenvalue weighted by atomic mass is 32.1. The summed E-state index contributed by atoms with van der Waals surface area (Å²) in [5, 5.41) is 10.2. The summed E-state index contributed by atoms with van der Waals surface area (Å²) in [6, 6.07) is 3.83. The molecule has 0 amide bonds. The number of ether oxygens (including phenoxy) is 1. The molecule has 0 saturated carbocycles. The predicted molar refractivity (Wildman–Crippen MR) is 66.4 cm³/mol. The molecule has 5 heteroatoms. The van der Waals surface area contributed by atoms with E-state index in [-0.39, 0.29) is 0 Å². The average molecular weight is 250 g/mol. The summed E-state index contributed by atoms with van der Waals surface area (Å²) in [5.41, 5.74) is 3.45. The molecule has 0 radical (unpaired) electrons. The van der Waals surface area contributed by atoms with Crippen LogP contribution in [0.3, 0.4) is 0 Å². The lowest BCUT2D eigenvalue weighted by Crippen LogP contribution is -2.04. The highest BCUT2D eigenvalue weighted by Crippen LogP contribution is 2.33. The highest BCUT2D eigenvalue weighted by molar-refractivity contribution is 6.99. The van der Waals surface area contributed by atoms with E-state index in [4.69, 9.17) is 4.74 Å². The quantitative estimate of drug-likeness (QED) is 0.907. The molecule has 0 spiro atoms. The molecule has 2 rings (SSSR count). The van der Waals surface area contributed by atoms with Gasteiger partial charge >= 0.3 is 0 Å². The van der Waals surface area contributed by atoms with Gasteiger partial charge in [0, 0.05) is 5.56 Å². The lowest BCUT2D eigenvalue weighted by Gasteiger charge is -2.16. The summed E-state index contributed by atoms with van der Waals surface area (Å²) in [6.07, 6.45) is 0.784. The fourth-order valence-electron chi connectivity index (χ4n) is 1.75. The zero-order valence-electron chi connectivity index (χ0n) is 9.97. The Hall–Kier alpha value is -1.46. The molecule has 0 aliphatic heterocycles. The van der Waals surface area contributed by atoms with Gasteiger partial charge in [0.2, 0.25) is 0 Å². The average Bonchev–Trinajstić information content (AvgIpc) is 2.85. The summed E-state index contributed by atoms with van der Waals surface area (Å²) in [5.74, 6) is 0.713. The van der Waals surface area contributed by atoms with Gasteiger partial charge in [-0.05, 0) is 25.0 Å². The van der Waals surface area contributed by atoms with E-state index < -0.39 is 6.10 Å². The minimum absolute atomic E-state index is 0.552. The molecule has 1 atom stereocenters. The maximum atomic E-state index is 10.2. The van der Waals surface area contributed by atoms with E-state index in [1.54, 1.807) is 13.3 Å². The summed E-state index contributed by atoms with van der Waals surface area (Å²) in [6.45, 7) is 3.99. The third-order valence-electron chi connectivity index (χ3n) is 2.86. The number of hydrogen-bond donors (Lipinski definition) is 1. The van der Waals surface area contributed by atoms with E-state index >= 15 is 0 Å². The molecule has 90 valence electrons. The molecular formula is C12H14N2O2S. The van der Waals surface area contributed by atoms with Crippen LogP contribution in [0.2, 0.25) is 0 Å². The van der Waals surface area contributed by atoms with Gasteiger partial charge in [0.05, 0.1) is 25.0 Å². The summed E-state index contributed by atoms with van der Waals surface area (Å²) in [7, 11) is 1.61. The lowest BCUT2D eigenvalue weighted by atomic mass is 9.99. The minimum Gasteiger partial charge on any atom is -0.496 e. The Bertz CT molecular complexity index is 511. The van der Waals surface area contributed by atoms with Crippen molar-refractivity contribution in [2.24, 2.45) is 0 Å². The molecule has 4 nitrogen and oxygen atoms in total. The van der Waals surface area contributed by atoms with E-state index in [0.717, 1.165) is 28.4 Å². The Morgan fingerprint density at radius 2 is 2.12 bits per heavy atom. The van der Waals surface area contributed by atoms with Gasteiger partial charge in [-0.3, -0.25) is 0 Å². The van der Waals surface area contributed by atoms with Crippen molar-refractivity contribution in [3.63, 3.8) is 0 Å².